The molecule has 2 heterocycles. The molecule has 0 aromatic carbocycles. The zero-order valence-electron chi connectivity index (χ0n) is 11.2. The van der Waals surface area contributed by atoms with Crippen molar-refractivity contribution in [2.75, 3.05) is 5.32 Å². The second-order valence-corrected chi connectivity index (χ2v) is 5.08. The standard InChI is InChI=1S/C14H19N5/c1-10-11(8-18-19-10)7-15-14-12-5-3-2-4-6-13(12)16-9-17-14/h8-9H,2-7H2,1H3,(H,18,19)(H,15,16,17). The molecule has 1 aliphatic rings. The van der Waals surface area contributed by atoms with E-state index in [2.05, 4.69) is 25.5 Å². The van der Waals surface area contributed by atoms with Gasteiger partial charge in [0.1, 0.15) is 12.1 Å². The molecule has 0 aliphatic heterocycles. The summed E-state index contributed by atoms with van der Waals surface area (Å²) >= 11 is 0. The van der Waals surface area contributed by atoms with Crippen LogP contribution in [0, 0.1) is 6.92 Å². The molecule has 3 rings (SSSR count). The van der Waals surface area contributed by atoms with E-state index in [0.717, 1.165) is 30.9 Å². The zero-order chi connectivity index (χ0) is 13.1. The number of aromatic nitrogens is 4. The number of hydrogen-bond donors (Lipinski definition) is 2. The summed E-state index contributed by atoms with van der Waals surface area (Å²) in [5.74, 6) is 0.993. The van der Waals surface area contributed by atoms with Crippen molar-refractivity contribution in [1.82, 2.24) is 20.2 Å². The van der Waals surface area contributed by atoms with Gasteiger partial charge in [0.2, 0.25) is 0 Å². The van der Waals surface area contributed by atoms with Crippen molar-refractivity contribution >= 4 is 5.82 Å². The summed E-state index contributed by atoms with van der Waals surface area (Å²) in [6.07, 6.45) is 9.47. The second kappa shape index (κ2) is 5.38. The Morgan fingerprint density at radius 3 is 2.95 bits per heavy atom. The van der Waals surface area contributed by atoms with Gasteiger partial charge in [0.05, 0.1) is 6.20 Å². The molecule has 5 heteroatoms. The van der Waals surface area contributed by atoms with E-state index >= 15 is 0 Å². The first-order chi connectivity index (χ1) is 9.34. The first kappa shape index (κ1) is 12.1. The Hall–Kier alpha value is -1.91. The summed E-state index contributed by atoms with van der Waals surface area (Å²) in [5.41, 5.74) is 4.81. The smallest absolute Gasteiger partial charge is 0.133 e. The summed E-state index contributed by atoms with van der Waals surface area (Å²) in [5, 5.41) is 10.4. The van der Waals surface area contributed by atoms with Gasteiger partial charge in [0, 0.05) is 29.1 Å². The molecule has 0 unspecified atom stereocenters. The van der Waals surface area contributed by atoms with E-state index in [4.69, 9.17) is 0 Å². The number of aryl methyl sites for hydroxylation is 2. The van der Waals surface area contributed by atoms with Crippen molar-refractivity contribution in [3.63, 3.8) is 0 Å². The van der Waals surface area contributed by atoms with Crippen LogP contribution in [0.4, 0.5) is 5.82 Å². The molecule has 0 radical (unpaired) electrons. The summed E-state index contributed by atoms with van der Waals surface area (Å²) < 4.78 is 0. The van der Waals surface area contributed by atoms with E-state index in [1.807, 2.05) is 13.1 Å². The highest BCUT2D eigenvalue weighted by Crippen LogP contribution is 2.24. The number of anilines is 1. The fourth-order valence-corrected chi connectivity index (χ4v) is 2.58. The van der Waals surface area contributed by atoms with Gasteiger partial charge in [-0.25, -0.2) is 9.97 Å². The Labute approximate surface area is 112 Å². The molecule has 0 saturated heterocycles. The molecule has 0 spiro atoms. The molecule has 2 aromatic rings. The Morgan fingerprint density at radius 1 is 1.21 bits per heavy atom. The van der Waals surface area contributed by atoms with Crippen molar-refractivity contribution < 1.29 is 0 Å². The van der Waals surface area contributed by atoms with Crippen LogP contribution >= 0.6 is 0 Å². The largest absolute Gasteiger partial charge is 0.366 e. The number of rotatable bonds is 3. The lowest BCUT2D eigenvalue weighted by Gasteiger charge is -2.12. The Bertz CT molecular complexity index is 561. The average molecular weight is 257 g/mol. The van der Waals surface area contributed by atoms with E-state index in [-0.39, 0.29) is 0 Å². The Morgan fingerprint density at radius 2 is 2.11 bits per heavy atom. The SMILES string of the molecule is Cc1[nH]ncc1CNc1ncnc2c1CCCCC2. The third kappa shape index (κ3) is 2.59. The minimum atomic E-state index is 0.756. The molecule has 2 N–H and O–H groups in total. The van der Waals surface area contributed by atoms with E-state index in [9.17, 15) is 0 Å². The maximum absolute atomic E-state index is 4.43. The number of nitrogens with one attached hydrogen (secondary N) is 2. The normalized spacial score (nSPS) is 14.8. The molecular weight excluding hydrogens is 238 g/mol. The topological polar surface area (TPSA) is 66.5 Å². The number of aromatic amines is 1. The summed E-state index contributed by atoms with van der Waals surface area (Å²) in [7, 11) is 0. The van der Waals surface area contributed by atoms with Crippen molar-refractivity contribution in [3.05, 3.63) is 35.0 Å². The van der Waals surface area contributed by atoms with E-state index < -0.39 is 0 Å². The molecule has 0 saturated carbocycles. The number of H-pyrrole nitrogens is 1. The van der Waals surface area contributed by atoms with Crippen molar-refractivity contribution in [2.24, 2.45) is 0 Å². The molecule has 0 bridgehead atoms. The number of fused-ring (bicyclic) bond motifs is 1. The van der Waals surface area contributed by atoms with Crippen LogP contribution in [0.3, 0.4) is 0 Å². The fourth-order valence-electron chi connectivity index (χ4n) is 2.58. The molecule has 5 nitrogen and oxygen atoms in total. The van der Waals surface area contributed by atoms with Crippen LogP contribution in [0.25, 0.3) is 0 Å². The van der Waals surface area contributed by atoms with Crippen LogP contribution in [0.5, 0.6) is 0 Å². The molecule has 0 fully saturated rings. The van der Waals surface area contributed by atoms with Crippen molar-refractivity contribution in [1.29, 1.82) is 0 Å². The van der Waals surface area contributed by atoms with Crippen molar-refractivity contribution in [2.45, 2.75) is 45.6 Å². The van der Waals surface area contributed by atoms with Gasteiger partial charge in [-0.15, -0.1) is 0 Å². The molecule has 100 valence electrons. The number of hydrogen-bond acceptors (Lipinski definition) is 4. The molecule has 19 heavy (non-hydrogen) atoms. The summed E-state index contributed by atoms with van der Waals surface area (Å²) in [4.78, 5) is 8.84. The quantitative estimate of drug-likeness (QED) is 0.829. The summed E-state index contributed by atoms with van der Waals surface area (Å²) in [6.45, 7) is 2.79. The molecule has 0 atom stereocenters. The van der Waals surface area contributed by atoms with Gasteiger partial charge in [-0.1, -0.05) is 6.42 Å². The van der Waals surface area contributed by atoms with Crippen LogP contribution in [-0.4, -0.2) is 20.2 Å². The fraction of sp³-hybridized carbons (Fsp3) is 0.500. The van der Waals surface area contributed by atoms with Gasteiger partial charge in [-0.3, -0.25) is 5.10 Å². The van der Waals surface area contributed by atoms with Crippen molar-refractivity contribution in [3.8, 4) is 0 Å². The molecule has 0 amide bonds. The second-order valence-electron chi connectivity index (χ2n) is 5.08. The predicted molar refractivity (Wildman–Crippen MR) is 73.9 cm³/mol. The minimum Gasteiger partial charge on any atom is -0.366 e. The maximum Gasteiger partial charge on any atom is 0.133 e. The third-order valence-electron chi connectivity index (χ3n) is 3.76. The van der Waals surface area contributed by atoms with E-state index in [0.29, 0.717) is 0 Å². The third-order valence-corrected chi connectivity index (χ3v) is 3.76. The number of nitrogens with zero attached hydrogens (tertiary/aromatic N) is 3. The lowest BCUT2D eigenvalue weighted by molar-refractivity contribution is 0.708. The average Bonchev–Trinajstić information content (AvgIpc) is 2.69. The van der Waals surface area contributed by atoms with Crippen LogP contribution in [0.1, 0.15) is 41.8 Å². The van der Waals surface area contributed by atoms with Gasteiger partial charge < -0.3 is 5.32 Å². The van der Waals surface area contributed by atoms with Gasteiger partial charge in [0.15, 0.2) is 0 Å². The maximum atomic E-state index is 4.43. The van der Waals surface area contributed by atoms with Crippen LogP contribution < -0.4 is 5.32 Å². The molecule has 2 aromatic heterocycles. The first-order valence-corrected chi connectivity index (χ1v) is 6.90. The Balaban J connectivity index is 1.79. The van der Waals surface area contributed by atoms with Gasteiger partial charge in [0.25, 0.3) is 0 Å². The monoisotopic (exact) mass is 257 g/mol. The predicted octanol–water partition coefficient (Wildman–Crippen LogP) is 2.39. The van der Waals surface area contributed by atoms with Crippen LogP contribution in [0.15, 0.2) is 12.5 Å². The van der Waals surface area contributed by atoms with Gasteiger partial charge in [-0.2, -0.15) is 5.10 Å². The van der Waals surface area contributed by atoms with Gasteiger partial charge >= 0.3 is 0 Å². The lowest BCUT2D eigenvalue weighted by Crippen LogP contribution is -2.08. The zero-order valence-corrected chi connectivity index (χ0v) is 11.2. The molecule has 1 aliphatic carbocycles. The first-order valence-electron chi connectivity index (χ1n) is 6.90. The van der Waals surface area contributed by atoms with Gasteiger partial charge in [-0.05, 0) is 32.6 Å². The van der Waals surface area contributed by atoms with Crippen LogP contribution in [-0.2, 0) is 19.4 Å². The highest BCUT2D eigenvalue weighted by Gasteiger charge is 2.14. The summed E-state index contributed by atoms with van der Waals surface area (Å²) in [6, 6.07) is 0. The lowest BCUT2D eigenvalue weighted by atomic mass is 10.1. The van der Waals surface area contributed by atoms with E-state index in [1.165, 1.54) is 36.1 Å². The minimum absolute atomic E-state index is 0.756. The van der Waals surface area contributed by atoms with E-state index in [1.54, 1.807) is 6.33 Å². The highest BCUT2D eigenvalue weighted by molar-refractivity contribution is 5.47. The molecular formula is C14H19N5. The highest BCUT2D eigenvalue weighted by atomic mass is 15.1. The Kier molecular flexibility index (Phi) is 3.44. The van der Waals surface area contributed by atoms with Crippen LogP contribution in [0.2, 0.25) is 0 Å².